The number of aliphatic hydroxyl groups excluding tert-OH is 1. The van der Waals surface area contributed by atoms with E-state index >= 15 is 0 Å². The van der Waals surface area contributed by atoms with E-state index in [2.05, 4.69) is 4.98 Å². The van der Waals surface area contributed by atoms with Crippen LogP contribution in [0.5, 0.6) is 0 Å². The quantitative estimate of drug-likeness (QED) is 0.667. The van der Waals surface area contributed by atoms with Crippen molar-refractivity contribution < 1.29 is 10.2 Å². The first-order valence-electron chi connectivity index (χ1n) is 7.80. The molecule has 0 saturated carbocycles. The maximum absolute atomic E-state index is 11.3. The minimum Gasteiger partial charge on any atom is -0.396 e. The van der Waals surface area contributed by atoms with Crippen molar-refractivity contribution in [2.45, 2.75) is 44.2 Å². The van der Waals surface area contributed by atoms with E-state index in [0.29, 0.717) is 28.6 Å². The van der Waals surface area contributed by atoms with Gasteiger partial charge in [-0.25, -0.2) is 4.98 Å². The molecule has 2 N–H and O–H groups in total. The molecule has 0 radical (unpaired) electrons. The molecule has 1 aromatic heterocycles. The van der Waals surface area contributed by atoms with Crippen molar-refractivity contribution >= 4 is 23.2 Å². The molecule has 4 nitrogen and oxygen atoms in total. The van der Waals surface area contributed by atoms with Crippen LogP contribution < -0.4 is 0 Å². The highest BCUT2D eigenvalue weighted by molar-refractivity contribution is 6.35. The van der Waals surface area contributed by atoms with Crippen LogP contribution in [0, 0.1) is 0 Å². The largest absolute Gasteiger partial charge is 0.396 e. The highest BCUT2D eigenvalue weighted by Crippen LogP contribution is 2.35. The van der Waals surface area contributed by atoms with Crippen molar-refractivity contribution in [3.05, 3.63) is 52.5 Å². The Hall–Kier alpha value is -1.07. The summed E-state index contributed by atoms with van der Waals surface area (Å²) in [6.07, 6.45) is 9.32. The van der Waals surface area contributed by atoms with Gasteiger partial charge in [-0.2, -0.15) is 0 Å². The van der Waals surface area contributed by atoms with Crippen molar-refractivity contribution in [1.82, 2.24) is 9.55 Å². The second-order valence-electron chi connectivity index (χ2n) is 5.78. The number of nitrogens with zero attached hydrogens (tertiary/aromatic N) is 2. The summed E-state index contributed by atoms with van der Waals surface area (Å²) in [5.74, 6) is 0. The third-order valence-corrected chi connectivity index (χ3v) is 4.48. The first-order valence-corrected chi connectivity index (χ1v) is 8.55. The molecule has 0 fully saturated rings. The normalized spacial score (nSPS) is 13.9. The highest BCUT2D eigenvalue weighted by Gasteiger charge is 2.31. The van der Waals surface area contributed by atoms with Crippen molar-refractivity contribution in [2.24, 2.45) is 0 Å². The van der Waals surface area contributed by atoms with Gasteiger partial charge in [0, 0.05) is 34.6 Å². The van der Waals surface area contributed by atoms with Crippen LogP contribution >= 0.6 is 23.2 Å². The fourth-order valence-corrected chi connectivity index (χ4v) is 3.32. The van der Waals surface area contributed by atoms with Crippen LogP contribution in [0.3, 0.4) is 0 Å². The van der Waals surface area contributed by atoms with Gasteiger partial charge in [0.05, 0.1) is 12.9 Å². The Morgan fingerprint density at radius 2 is 1.91 bits per heavy atom. The van der Waals surface area contributed by atoms with Crippen molar-refractivity contribution in [1.29, 1.82) is 0 Å². The van der Waals surface area contributed by atoms with E-state index in [4.69, 9.17) is 28.3 Å². The lowest BCUT2D eigenvalue weighted by Gasteiger charge is -2.30. The van der Waals surface area contributed by atoms with Gasteiger partial charge >= 0.3 is 0 Å². The summed E-state index contributed by atoms with van der Waals surface area (Å²) in [6.45, 7) is 0.594. The summed E-state index contributed by atoms with van der Waals surface area (Å²) in [5, 5.41) is 21.1. The SMILES string of the molecule is OCCCCCCC(O)(Cn1ccnc1)c1ccc(Cl)cc1Cl. The standard InChI is InChI=1S/C17H22Cl2N2O2/c18-14-5-6-15(16(19)11-14)17(23,7-3-1-2-4-10-22)12-21-9-8-20-13-21/h5-6,8-9,11,13,22-23H,1-4,7,10,12H2. The fraction of sp³-hybridized carbons (Fsp3) is 0.471. The highest BCUT2D eigenvalue weighted by atomic mass is 35.5. The molecule has 0 aliphatic rings. The lowest BCUT2D eigenvalue weighted by atomic mass is 9.87. The van der Waals surface area contributed by atoms with Gasteiger partial charge in [-0.3, -0.25) is 0 Å². The molecule has 126 valence electrons. The second-order valence-corrected chi connectivity index (χ2v) is 6.62. The van der Waals surface area contributed by atoms with Gasteiger partial charge in [0.2, 0.25) is 0 Å². The number of hydrogen-bond acceptors (Lipinski definition) is 3. The molecule has 2 aromatic rings. The molecule has 0 bridgehead atoms. The number of halogens is 2. The van der Waals surface area contributed by atoms with Crippen molar-refractivity contribution in [2.75, 3.05) is 6.61 Å². The molecular formula is C17H22Cl2N2O2. The number of aromatic nitrogens is 2. The average molecular weight is 357 g/mol. The molecule has 1 atom stereocenters. The molecule has 1 unspecified atom stereocenters. The predicted octanol–water partition coefficient (Wildman–Crippen LogP) is 4.02. The summed E-state index contributed by atoms with van der Waals surface area (Å²) >= 11 is 12.3. The Balaban J connectivity index is 2.16. The third-order valence-electron chi connectivity index (χ3n) is 3.93. The summed E-state index contributed by atoms with van der Waals surface area (Å²) in [7, 11) is 0. The Kier molecular flexibility index (Phi) is 6.90. The summed E-state index contributed by atoms with van der Waals surface area (Å²) in [5.41, 5.74) is -0.402. The van der Waals surface area contributed by atoms with Gasteiger partial charge in [0.25, 0.3) is 0 Å². The Labute approximate surface area is 146 Å². The summed E-state index contributed by atoms with van der Waals surface area (Å²) in [6, 6.07) is 5.19. The van der Waals surface area contributed by atoms with Crippen LogP contribution in [0.25, 0.3) is 0 Å². The minimum absolute atomic E-state index is 0.211. The zero-order chi connectivity index (χ0) is 16.7. The number of rotatable bonds is 9. The van der Waals surface area contributed by atoms with E-state index in [1.54, 1.807) is 30.7 Å². The fourth-order valence-electron chi connectivity index (χ4n) is 2.73. The van der Waals surface area contributed by atoms with E-state index in [1.165, 1.54) is 0 Å². The van der Waals surface area contributed by atoms with E-state index in [1.807, 2.05) is 10.8 Å². The molecule has 0 amide bonds. The van der Waals surface area contributed by atoms with Crippen LogP contribution in [-0.4, -0.2) is 26.4 Å². The number of imidazole rings is 1. The summed E-state index contributed by atoms with van der Waals surface area (Å²) in [4.78, 5) is 4.03. The molecule has 0 saturated heterocycles. The van der Waals surface area contributed by atoms with Crippen LogP contribution in [0.2, 0.25) is 10.0 Å². The molecule has 0 aliphatic carbocycles. The molecule has 23 heavy (non-hydrogen) atoms. The molecule has 2 rings (SSSR count). The van der Waals surface area contributed by atoms with E-state index in [0.717, 1.165) is 25.7 Å². The molecule has 1 heterocycles. The molecule has 0 spiro atoms. The van der Waals surface area contributed by atoms with Gasteiger partial charge in [-0.05, 0) is 25.0 Å². The lowest BCUT2D eigenvalue weighted by Crippen LogP contribution is -2.31. The molecular weight excluding hydrogens is 335 g/mol. The maximum atomic E-state index is 11.3. The molecule has 1 aromatic carbocycles. The average Bonchev–Trinajstić information content (AvgIpc) is 2.99. The number of benzene rings is 1. The number of hydrogen-bond donors (Lipinski definition) is 2. The van der Waals surface area contributed by atoms with Crippen molar-refractivity contribution in [3.63, 3.8) is 0 Å². The first kappa shape index (κ1) is 18.3. The second kappa shape index (κ2) is 8.69. The first-order chi connectivity index (χ1) is 11.0. The van der Waals surface area contributed by atoms with Crippen LogP contribution in [-0.2, 0) is 12.1 Å². The van der Waals surface area contributed by atoms with Crippen LogP contribution in [0.1, 0.15) is 37.7 Å². The molecule has 0 aliphatic heterocycles. The Morgan fingerprint density at radius 3 is 2.57 bits per heavy atom. The zero-order valence-electron chi connectivity index (χ0n) is 13.0. The van der Waals surface area contributed by atoms with Crippen LogP contribution in [0.4, 0.5) is 0 Å². The number of unbranched alkanes of at least 4 members (excludes halogenated alkanes) is 3. The molecule has 6 heteroatoms. The smallest absolute Gasteiger partial charge is 0.109 e. The topological polar surface area (TPSA) is 58.3 Å². The predicted molar refractivity (Wildman–Crippen MR) is 92.8 cm³/mol. The minimum atomic E-state index is -1.08. The third kappa shape index (κ3) is 5.21. The van der Waals surface area contributed by atoms with E-state index in [-0.39, 0.29) is 6.61 Å². The van der Waals surface area contributed by atoms with Gasteiger partial charge in [0.1, 0.15) is 5.60 Å². The Bertz CT molecular complexity index is 605. The van der Waals surface area contributed by atoms with Gasteiger partial charge in [0.15, 0.2) is 0 Å². The zero-order valence-corrected chi connectivity index (χ0v) is 14.5. The maximum Gasteiger partial charge on any atom is 0.109 e. The van der Waals surface area contributed by atoms with Crippen molar-refractivity contribution in [3.8, 4) is 0 Å². The van der Waals surface area contributed by atoms with E-state index in [9.17, 15) is 5.11 Å². The van der Waals surface area contributed by atoms with E-state index < -0.39 is 5.60 Å². The number of aliphatic hydroxyl groups is 2. The van der Waals surface area contributed by atoms with Crippen LogP contribution in [0.15, 0.2) is 36.9 Å². The van der Waals surface area contributed by atoms with Gasteiger partial charge in [-0.1, -0.05) is 48.5 Å². The van der Waals surface area contributed by atoms with Gasteiger partial charge in [-0.15, -0.1) is 0 Å². The summed E-state index contributed by atoms with van der Waals surface area (Å²) < 4.78 is 1.85. The Morgan fingerprint density at radius 1 is 1.13 bits per heavy atom. The lowest BCUT2D eigenvalue weighted by molar-refractivity contribution is 0.00711. The monoisotopic (exact) mass is 356 g/mol. The van der Waals surface area contributed by atoms with Gasteiger partial charge < -0.3 is 14.8 Å².